The van der Waals surface area contributed by atoms with E-state index in [1.54, 1.807) is 0 Å². The molecular weight excluding hydrogens is 318 g/mol. The maximum absolute atomic E-state index is 12.0. The number of nitrogens with zero attached hydrogens (tertiary/aromatic N) is 1. The molecule has 0 radical (unpaired) electrons. The second kappa shape index (κ2) is 4.94. The van der Waals surface area contributed by atoms with Crippen LogP contribution >= 0.6 is 23.2 Å². The average Bonchev–Trinajstić information content (AvgIpc) is 2.14. The van der Waals surface area contributed by atoms with Gasteiger partial charge in [-0.25, -0.2) is 0 Å². The van der Waals surface area contributed by atoms with E-state index in [1.165, 1.54) is 0 Å². The van der Waals surface area contributed by atoms with Crippen LogP contribution < -0.4 is 5.11 Å². The molecule has 0 unspecified atom stereocenters. The quantitative estimate of drug-likeness (QED) is 0.617. The van der Waals surface area contributed by atoms with Gasteiger partial charge in [0.15, 0.2) is 0 Å². The predicted molar refractivity (Wildman–Crippen MR) is 58.0 cm³/mol. The zero-order valence-corrected chi connectivity index (χ0v) is 10.5. The first-order valence-electron chi connectivity index (χ1n) is 4.08. The summed E-state index contributed by atoms with van der Waals surface area (Å²) >= 11 is 11.0. The number of sulfonamides is 1. The van der Waals surface area contributed by atoms with Gasteiger partial charge in [-0.15, -0.1) is 0 Å². The molecule has 0 aromatic heterocycles. The van der Waals surface area contributed by atoms with E-state index in [-0.39, 0.29) is 10.0 Å². The average molecular weight is 321 g/mol. The standard InChI is InChI=1S/C8H4Cl2F3NO3S/c9-4-1-2-5(6(10)3-4)7(15)14-18(16,17)8(11,12)13/h1-3H,(H,14,15)/p-1. The normalized spacial score (nSPS) is 13.7. The highest BCUT2D eigenvalue weighted by molar-refractivity contribution is 7.91. The van der Waals surface area contributed by atoms with E-state index in [1.807, 2.05) is 0 Å². The van der Waals surface area contributed by atoms with Gasteiger partial charge in [0.05, 0.1) is 5.02 Å². The summed E-state index contributed by atoms with van der Waals surface area (Å²) in [5, 5.41) is 11.1. The molecule has 0 aliphatic heterocycles. The number of hydrogen-bond acceptors (Lipinski definition) is 3. The second-order valence-corrected chi connectivity index (χ2v) is 5.38. The van der Waals surface area contributed by atoms with Crippen LogP contribution in [0.4, 0.5) is 13.2 Å². The molecule has 1 rings (SSSR count). The predicted octanol–water partition coefficient (Wildman–Crippen LogP) is 1.95. The van der Waals surface area contributed by atoms with Crippen molar-refractivity contribution < 1.29 is 26.7 Å². The molecule has 0 amide bonds. The van der Waals surface area contributed by atoms with Gasteiger partial charge in [-0.05, 0) is 12.1 Å². The van der Waals surface area contributed by atoms with Crippen molar-refractivity contribution >= 4 is 39.1 Å². The highest BCUT2D eigenvalue weighted by Crippen LogP contribution is 2.26. The highest BCUT2D eigenvalue weighted by Gasteiger charge is 2.45. The molecule has 1 aromatic rings. The zero-order chi connectivity index (χ0) is 14.1. The van der Waals surface area contributed by atoms with Crippen LogP contribution in [-0.2, 0) is 10.0 Å². The molecule has 0 spiro atoms. The number of alkyl halides is 3. The first-order valence-corrected chi connectivity index (χ1v) is 6.28. The third kappa shape index (κ3) is 3.27. The van der Waals surface area contributed by atoms with Crippen molar-refractivity contribution in [1.29, 1.82) is 0 Å². The molecule has 0 bridgehead atoms. The summed E-state index contributed by atoms with van der Waals surface area (Å²) in [6, 6.07) is 3.21. The van der Waals surface area contributed by atoms with Crippen molar-refractivity contribution in [1.82, 2.24) is 0 Å². The van der Waals surface area contributed by atoms with Crippen molar-refractivity contribution in [2.75, 3.05) is 0 Å². The molecule has 0 atom stereocenters. The van der Waals surface area contributed by atoms with E-state index < -0.39 is 27.0 Å². The molecule has 0 heterocycles. The molecule has 10 heteroatoms. The van der Waals surface area contributed by atoms with Gasteiger partial charge in [0, 0.05) is 16.5 Å². The lowest BCUT2D eigenvalue weighted by Crippen LogP contribution is -2.27. The van der Waals surface area contributed by atoms with Gasteiger partial charge in [0.25, 0.3) is 0 Å². The van der Waals surface area contributed by atoms with Gasteiger partial charge >= 0.3 is 15.5 Å². The summed E-state index contributed by atoms with van der Waals surface area (Å²) in [6.07, 6.45) is 0. The van der Waals surface area contributed by atoms with Crippen molar-refractivity contribution in [3.05, 3.63) is 33.8 Å². The largest absolute Gasteiger partial charge is 0.858 e. The maximum Gasteiger partial charge on any atom is 0.518 e. The molecule has 1 aromatic carbocycles. The Kier molecular flexibility index (Phi) is 4.14. The number of rotatable bonds is 2. The fourth-order valence-electron chi connectivity index (χ4n) is 0.873. The fourth-order valence-corrected chi connectivity index (χ4v) is 1.78. The summed E-state index contributed by atoms with van der Waals surface area (Å²) in [4.78, 5) is 0. The van der Waals surface area contributed by atoms with Crippen LogP contribution in [0, 0.1) is 0 Å². The maximum atomic E-state index is 12.0. The van der Waals surface area contributed by atoms with E-state index >= 15 is 0 Å². The van der Waals surface area contributed by atoms with Gasteiger partial charge in [-0.2, -0.15) is 26.0 Å². The van der Waals surface area contributed by atoms with Gasteiger partial charge in [0.1, 0.15) is 0 Å². The second-order valence-electron chi connectivity index (χ2n) is 2.94. The fraction of sp³-hybridized carbons (Fsp3) is 0.125. The summed E-state index contributed by atoms with van der Waals surface area (Å²) in [6.45, 7) is 0. The molecule has 0 saturated heterocycles. The lowest BCUT2D eigenvalue weighted by atomic mass is 10.2. The minimum atomic E-state index is -5.89. The van der Waals surface area contributed by atoms with Crippen LogP contribution in [0.25, 0.3) is 0 Å². The lowest BCUT2D eigenvalue weighted by molar-refractivity contribution is -0.212. The Balaban J connectivity index is 3.27. The Bertz CT molecular complexity index is 598. The summed E-state index contributed by atoms with van der Waals surface area (Å²) in [5.74, 6) is -1.62. The topological polar surface area (TPSA) is 69.6 Å². The van der Waals surface area contributed by atoms with Crippen LogP contribution in [-0.4, -0.2) is 19.8 Å². The SMILES string of the molecule is O=S(=O)(/N=C(\[O-])c1ccc(Cl)cc1Cl)C(F)(F)F. The van der Waals surface area contributed by atoms with Gasteiger partial charge in [-0.3, -0.25) is 0 Å². The monoisotopic (exact) mass is 320 g/mol. The molecule has 0 saturated carbocycles. The Hall–Kier alpha value is -0.990. The van der Waals surface area contributed by atoms with Crippen LogP contribution in [0.2, 0.25) is 10.0 Å². The number of hydrogen-bond donors (Lipinski definition) is 0. The minimum absolute atomic E-state index is 0.134. The molecule has 18 heavy (non-hydrogen) atoms. The Morgan fingerprint density at radius 2 is 1.83 bits per heavy atom. The molecule has 4 nitrogen and oxygen atoms in total. The minimum Gasteiger partial charge on any atom is -0.858 e. The number of halogens is 5. The van der Waals surface area contributed by atoms with Crippen molar-refractivity contribution in [2.45, 2.75) is 5.51 Å². The lowest BCUT2D eigenvalue weighted by Gasteiger charge is -2.13. The van der Waals surface area contributed by atoms with Crippen LogP contribution in [0.15, 0.2) is 22.6 Å². The van der Waals surface area contributed by atoms with Crippen LogP contribution in [0.1, 0.15) is 5.56 Å². The van der Waals surface area contributed by atoms with Gasteiger partial charge < -0.3 is 5.11 Å². The highest BCUT2D eigenvalue weighted by atomic mass is 35.5. The summed E-state index contributed by atoms with van der Waals surface area (Å²) in [7, 11) is -5.89. The van der Waals surface area contributed by atoms with Crippen LogP contribution in [0.3, 0.4) is 0 Å². The summed E-state index contributed by atoms with van der Waals surface area (Å²) in [5.41, 5.74) is -6.13. The molecule has 100 valence electrons. The van der Waals surface area contributed by atoms with Gasteiger partial charge in [-0.1, -0.05) is 29.3 Å². The Morgan fingerprint density at radius 1 is 1.28 bits per heavy atom. The zero-order valence-electron chi connectivity index (χ0n) is 8.20. The van der Waals surface area contributed by atoms with E-state index in [4.69, 9.17) is 23.2 Å². The third-order valence-corrected chi connectivity index (χ3v) is 3.20. The Labute approximate surface area is 110 Å². The van der Waals surface area contributed by atoms with Crippen molar-refractivity contribution in [3.63, 3.8) is 0 Å². The van der Waals surface area contributed by atoms with E-state index in [0.29, 0.717) is 0 Å². The molecule has 0 aliphatic rings. The Morgan fingerprint density at radius 3 is 2.28 bits per heavy atom. The van der Waals surface area contributed by atoms with Crippen molar-refractivity contribution in [3.8, 4) is 0 Å². The first-order chi connectivity index (χ1) is 8.04. The van der Waals surface area contributed by atoms with Crippen LogP contribution in [0.5, 0.6) is 0 Å². The molecule has 0 N–H and O–H groups in total. The smallest absolute Gasteiger partial charge is 0.518 e. The third-order valence-electron chi connectivity index (χ3n) is 1.66. The first kappa shape index (κ1) is 15.1. The summed E-state index contributed by atoms with van der Waals surface area (Å²) < 4.78 is 59.3. The van der Waals surface area contributed by atoms with E-state index in [9.17, 15) is 26.7 Å². The molecular formula is C8H3Cl2F3NO3S-. The molecule has 0 aliphatic carbocycles. The van der Waals surface area contributed by atoms with Gasteiger partial charge in [0.2, 0.25) is 0 Å². The number of benzene rings is 1. The van der Waals surface area contributed by atoms with E-state index in [0.717, 1.165) is 18.2 Å². The van der Waals surface area contributed by atoms with E-state index in [2.05, 4.69) is 4.40 Å². The van der Waals surface area contributed by atoms with Crippen molar-refractivity contribution in [2.24, 2.45) is 4.40 Å². The molecule has 0 fully saturated rings.